The number of ether oxygens (including phenoxy) is 6. The van der Waals surface area contributed by atoms with Gasteiger partial charge < -0.3 is 48.8 Å². The van der Waals surface area contributed by atoms with Crippen molar-refractivity contribution < 1.29 is 56.8 Å². The van der Waals surface area contributed by atoms with Crippen molar-refractivity contribution in [2.45, 2.75) is 148 Å². The Bertz CT molecular complexity index is 1160. The molecule has 3 amide bonds. The van der Waals surface area contributed by atoms with Crippen molar-refractivity contribution >= 4 is 38.0 Å². The second-order valence-corrected chi connectivity index (χ2v) is 18.8. The molecule has 0 unspecified atom stereocenters. The van der Waals surface area contributed by atoms with Gasteiger partial charge in [0.05, 0.1) is 20.8 Å². The summed E-state index contributed by atoms with van der Waals surface area (Å²) in [5.41, 5.74) is 0. The normalized spacial score (nSPS) is 25.9. The minimum absolute atomic E-state index is 0.0561. The molecule has 276 valence electrons. The molecule has 0 aliphatic carbocycles. The molecule has 2 heterocycles. The molecule has 3 N–H and O–H groups in total. The Morgan fingerprint density at radius 3 is 2.15 bits per heavy atom. The average molecular weight is 704 g/mol. The SMILES string of the molecule is COC(=O)CC[C@@H](NC(=O)[C@H](C)NC(=O)[C@@H](C)O[C@@H]1[C@@H](NC(C)=O)[C@H](O[Si](C)(C)C(C)(C)C(C)C)O[C@@H]2COC(C)(C)O[C@@H]12)C(=O)OC. The van der Waals surface area contributed by atoms with Crippen LogP contribution in [0.1, 0.15) is 75.2 Å². The van der Waals surface area contributed by atoms with Crippen molar-refractivity contribution in [2.24, 2.45) is 5.92 Å². The quantitative estimate of drug-likeness (QED) is 0.167. The van der Waals surface area contributed by atoms with Gasteiger partial charge in [-0.15, -0.1) is 0 Å². The molecule has 0 radical (unpaired) electrons. The Morgan fingerprint density at radius 1 is 0.979 bits per heavy atom. The van der Waals surface area contributed by atoms with E-state index < -0.39 is 86.7 Å². The van der Waals surface area contributed by atoms with Crippen molar-refractivity contribution in [3.05, 3.63) is 0 Å². The summed E-state index contributed by atoms with van der Waals surface area (Å²) in [5, 5.41) is 7.86. The third kappa shape index (κ3) is 10.7. The fourth-order valence-corrected chi connectivity index (χ4v) is 7.84. The van der Waals surface area contributed by atoms with E-state index in [9.17, 15) is 24.0 Å². The molecule has 2 saturated heterocycles. The molecule has 48 heavy (non-hydrogen) atoms. The monoisotopic (exact) mass is 703 g/mol. The van der Waals surface area contributed by atoms with Gasteiger partial charge in [0.25, 0.3) is 0 Å². The topological polar surface area (TPSA) is 186 Å². The minimum Gasteiger partial charge on any atom is -0.469 e. The van der Waals surface area contributed by atoms with Crippen molar-refractivity contribution in [1.82, 2.24) is 16.0 Å². The van der Waals surface area contributed by atoms with Gasteiger partial charge in [0, 0.05) is 13.3 Å². The zero-order valence-electron chi connectivity index (χ0n) is 30.7. The van der Waals surface area contributed by atoms with Gasteiger partial charge in [-0.2, -0.15) is 0 Å². The standard InChI is InChI=1S/C32H57N3O12Si/c1-17(2)31(6,7)48(12,13)47-30-24(34-20(5)36)26(25-22(45-30)16-43-32(8,9)46-25)44-19(4)28(39)33-18(3)27(38)35-21(29(40)42-11)14-15-23(37)41-10/h17-19,21-22,24-26,30H,14-16H2,1-13H3,(H,33,39)(H,34,36)(H,35,38)/t18-,19+,21+,22+,24+,25+,26+,30-/m0/s1. The average Bonchev–Trinajstić information content (AvgIpc) is 2.99. The van der Waals surface area contributed by atoms with Crippen LogP contribution < -0.4 is 16.0 Å². The van der Waals surface area contributed by atoms with E-state index in [1.807, 2.05) is 0 Å². The first-order valence-electron chi connectivity index (χ1n) is 16.4. The highest BCUT2D eigenvalue weighted by atomic mass is 28.4. The van der Waals surface area contributed by atoms with Crippen molar-refractivity contribution in [2.75, 3.05) is 20.8 Å². The number of fused-ring (bicyclic) bond motifs is 1. The maximum atomic E-state index is 13.4. The summed E-state index contributed by atoms with van der Waals surface area (Å²) in [6.07, 6.45) is -4.56. The van der Waals surface area contributed by atoms with Gasteiger partial charge in [-0.3, -0.25) is 19.2 Å². The molecule has 0 aromatic rings. The lowest BCUT2D eigenvalue weighted by Gasteiger charge is -2.53. The van der Waals surface area contributed by atoms with Crippen LogP contribution in [0.2, 0.25) is 18.1 Å². The predicted octanol–water partition coefficient (Wildman–Crippen LogP) is 1.91. The fraction of sp³-hybridized carbons (Fsp3) is 0.844. The summed E-state index contributed by atoms with van der Waals surface area (Å²) in [4.78, 5) is 62.7. The van der Waals surface area contributed by atoms with Crippen LogP contribution in [0, 0.1) is 5.92 Å². The van der Waals surface area contributed by atoms with Crippen molar-refractivity contribution in [3.63, 3.8) is 0 Å². The van der Waals surface area contributed by atoms with Crippen LogP contribution in [0.3, 0.4) is 0 Å². The van der Waals surface area contributed by atoms with E-state index in [1.54, 1.807) is 13.8 Å². The van der Waals surface area contributed by atoms with Gasteiger partial charge in [0.2, 0.25) is 17.7 Å². The number of rotatable bonds is 15. The first-order valence-corrected chi connectivity index (χ1v) is 19.3. The third-order valence-corrected chi connectivity index (χ3v) is 14.1. The van der Waals surface area contributed by atoms with Crippen molar-refractivity contribution in [1.29, 1.82) is 0 Å². The molecule has 0 aromatic heterocycles. The highest BCUT2D eigenvalue weighted by molar-refractivity contribution is 6.74. The highest BCUT2D eigenvalue weighted by Crippen LogP contribution is 2.46. The van der Waals surface area contributed by atoms with Gasteiger partial charge in [-0.25, -0.2) is 4.79 Å². The smallest absolute Gasteiger partial charge is 0.328 e. The molecule has 2 fully saturated rings. The number of amides is 3. The summed E-state index contributed by atoms with van der Waals surface area (Å²) < 4.78 is 41.1. The molecule has 0 saturated carbocycles. The minimum atomic E-state index is -2.52. The molecular weight excluding hydrogens is 646 g/mol. The van der Waals surface area contributed by atoms with E-state index in [1.165, 1.54) is 27.9 Å². The van der Waals surface area contributed by atoms with Gasteiger partial charge in [-0.05, 0) is 58.2 Å². The lowest BCUT2D eigenvalue weighted by atomic mass is 9.94. The summed E-state index contributed by atoms with van der Waals surface area (Å²) in [7, 11) is -0.147. The molecule has 2 rings (SSSR count). The molecule has 2 aliphatic heterocycles. The second kappa shape index (κ2) is 16.9. The van der Waals surface area contributed by atoms with Crippen LogP contribution in [0.5, 0.6) is 0 Å². The van der Waals surface area contributed by atoms with Crippen LogP contribution in [-0.4, -0.2) is 113 Å². The summed E-state index contributed by atoms with van der Waals surface area (Å²) >= 11 is 0. The Balaban J connectivity index is 2.31. The largest absolute Gasteiger partial charge is 0.469 e. The number of carbonyl (C=O) groups is 5. The van der Waals surface area contributed by atoms with E-state index in [0.717, 1.165) is 7.11 Å². The Labute approximate surface area is 285 Å². The Morgan fingerprint density at radius 2 is 1.60 bits per heavy atom. The van der Waals surface area contributed by atoms with Crippen LogP contribution in [0.15, 0.2) is 0 Å². The third-order valence-electron chi connectivity index (χ3n) is 9.59. The number of hydrogen-bond donors (Lipinski definition) is 3. The molecular formula is C32H57N3O12Si. The first-order chi connectivity index (χ1) is 22.1. The fourth-order valence-electron chi connectivity index (χ4n) is 5.36. The van der Waals surface area contributed by atoms with Gasteiger partial charge in [-0.1, -0.05) is 27.7 Å². The number of esters is 2. The maximum Gasteiger partial charge on any atom is 0.328 e. The number of nitrogens with one attached hydrogen (secondary N) is 3. The maximum absolute atomic E-state index is 13.4. The zero-order valence-corrected chi connectivity index (χ0v) is 31.7. The van der Waals surface area contributed by atoms with Crippen molar-refractivity contribution in [3.8, 4) is 0 Å². The van der Waals surface area contributed by atoms with Crippen LogP contribution in [0.4, 0.5) is 0 Å². The first kappa shape index (κ1) is 41.5. The second-order valence-electron chi connectivity index (χ2n) is 14.2. The zero-order chi connectivity index (χ0) is 36.8. The molecule has 8 atom stereocenters. The highest BCUT2D eigenvalue weighted by Gasteiger charge is 2.56. The molecule has 15 nitrogen and oxygen atoms in total. The molecule has 0 bridgehead atoms. The van der Waals surface area contributed by atoms with E-state index in [0.29, 0.717) is 5.92 Å². The Hall–Kier alpha value is -2.63. The number of methoxy groups -OCH3 is 2. The van der Waals surface area contributed by atoms with Crippen LogP contribution >= 0.6 is 0 Å². The van der Waals surface area contributed by atoms with E-state index in [4.69, 9.17) is 28.1 Å². The Kier molecular flexibility index (Phi) is 14.6. The molecule has 2 aliphatic rings. The van der Waals surface area contributed by atoms with E-state index in [-0.39, 0.29) is 30.4 Å². The summed E-state index contributed by atoms with van der Waals surface area (Å²) in [6.45, 7) is 20.8. The van der Waals surface area contributed by atoms with E-state index in [2.05, 4.69) is 61.5 Å². The van der Waals surface area contributed by atoms with Gasteiger partial charge in [0.1, 0.15) is 42.5 Å². The van der Waals surface area contributed by atoms with Gasteiger partial charge >= 0.3 is 11.9 Å². The summed E-state index contributed by atoms with van der Waals surface area (Å²) in [5.74, 6) is -3.68. The lowest BCUT2D eigenvalue weighted by molar-refractivity contribution is -0.367. The molecule has 0 aromatic carbocycles. The predicted molar refractivity (Wildman–Crippen MR) is 176 cm³/mol. The van der Waals surface area contributed by atoms with Gasteiger partial charge in [0.15, 0.2) is 20.4 Å². The summed E-state index contributed by atoms with van der Waals surface area (Å²) in [6, 6.07) is -3.09. The number of hydrogen-bond acceptors (Lipinski definition) is 12. The lowest BCUT2D eigenvalue weighted by Crippen LogP contribution is -2.71. The van der Waals surface area contributed by atoms with E-state index >= 15 is 0 Å². The van der Waals surface area contributed by atoms with Crippen LogP contribution in [0.25, 0.3) is 0 Å². The van der Waals surface area contributed by atoms with Crippen LogP contribution in [-0.2, 0) is 56.8 Å². The molecule has 16 heteroatoms. The molecule has 0 spiro atoms. The number of carbonyl (C=O) groups excluding carboxylic acids is 5.